The van der Waals surface area contributed by atoms with E-state index in [0.717, 1.165) is 31.1 Å². The van der Waals surface area contributed by atoms with Crippen LogP contribution in [0.4, 0.5) is 0 Å². The number of hydrogen-bond acceptors (Lipinski definition) is 1. The van der Waals surface area contributed by atoms with Crippen LogP contribution in [0.1, 0.15) is 18.9 Å². The normalized spacial score (nSPS) is 12.7. The Morgan fingerprint density at radius 1 is 1.25 bits per heavy atom. The SMILES string of the molecule is CCOCCC(CCl)Cc1ccc(Cl)cc1. The van der Waals surface area contributed by atoms with E-state index < -0.39 is 0 Å². The third-order valence-electron chi connectivity index (χ3n) is 2.53. The Morgan fingerprint density at radius 2 is 1.94 bits per heavy atom. The second kappa shape index (κ2) is 7.94. The summed E-state index contributed by atoms with van der Waals surface area (Å²) in [4.78, 5) is 0. The van der Waals surface area contributed by atoms with Gasteiger partial charge in [0.15, 0.2) is 0 Å². The summed E-state index contributed by atoms with van der Waals surface area (Å²) in [6.45, 7) is 3.58. The second-order valence-electron chi connectivity index (χ2n) is 3.84. The molecule has 0 amide bonds. The minimum Gasteiger partial charge on any atom is -0.382 e. The van der Waals surface area contributed by atoms with Gasteiger partial charge in [-0.15, -0.1) is 11.6 Å². The lowest BCUT2D eigenvalue weighted by atomic mass is 9.98. The van der Waals surface area contributed by atoms with E-state index >= 15 is 0 Å². The first-order chi connectivity index (χ1) is 7.76. The minimum absolute atomic E-state index is 0.481. The first-order valence-corrected chi connectivity index (χ1v) is 6.55. The molecule has 3 heteroatoms. The van der Waals surface area contributed by atoms with Crippen LogP contribution in [0.15, 0.2) is 24.3 Å². The predicted octanol–water partition coefficient (Wildman–Crippen LogP) is 4.16. The molecule has 1 aromatic carbocycles. The molecule has 0 saturated heterocycles. The molecular formula is C13H18Cl2O. The number of ether oxygens (including phenoxy) is 1. The van der Waals surface area contributed by atoms with Gasteiger partial charge in [0.2, 0.25) is 0 Å². The Bertz CT molecular complexity index is 284. The molecule has 90 valence electrons. The molecule has 0 radical (unpaired) electrons. The summed E-state index contributed by atoms with van der Waals surface area (Å²) in [5.74, 6) is 1.16. The summed E-state index contributed by atoms with van der Waals surface area (Å²) in [5.41, 5.74) is 1.28. The number of rotatable bonds is 7. The molecule has 1 nitrogen and oxygen atoms in total. The second-order valence-corrected chi connectivity index (χ2v) is 4.58. The summed E-state index contributed by atoms with van der Waals surface area (Å²) < 4.78 is 5.34. The maximum atomic E-state index is 5.95. The van der Waals surface area contributed by atoms with Gasteiger partial charge in [-0.25, -0.2) is 0 Å². The van der Waals surface area contributed by atoms with Gasteiger partial charge < -0.3 is 4.74 Å². The highest BCUT2D eigenvalue weighted by molar-refractivity contribution is 6.30. The maximum absolute atomic E-state index is 5.95. The van der Waals surface area contributed by atoms with Crippen LogP contribution in [-0.2, 0) is 11.2 Å². The molecule has 0 aliphatic heterocycles. The fraction of sp³-hybridized carbons (Fsp3) is 0.538. The van der Waals surface area contributed by atoms with E-state index in [4.69, 9.17) is 27.9 Å². The van der Waals surface area contributed by atoms with Crippen LogP contribution in [0.25, 0.3) is 0 Å². The monoisotopic (exact) mass is 260 g/mol. The lowest BCUT2D eigenvalue weighted by molar-refractivity contribution is 0.134. The smallest absolute Gasteiger partial charge is 0.0469 e. The maximum Gasteiger partial charge on any atom is 0.0469 e. The van der Waals surface area contributed by atoms with Gasteiger partial charge in [0.05, 0.1) is 0 Å². The fourth-order valence-corrected chi connectivity index (χ4v) is 1.97. The van der Waals surface area contributed by atoms with Gasteiger partial charge in [0, 0.05) is 24.1 Å². The molecule has 0 aromatic heterocycles. The number of alkyl halides is 1. The predicted molar refractivity (Wildman–Crippen MR) is 70.5 cm³/mol. The van der Waals surface area contributed by atoms with Crippen molar-refractivity contribution < 1.29 is 4.74 Å². The van der Waals surface area contributed by atoms with Gasteiger partial charge in [0.25, 0.3) is 0 Å². The molecule has 0 heterocycles. The first kappa shape index (κ1) is 13.8. The van der Waals surface area contributed by atoms with Gasteiger partial charge in [-0.05, 0) is 43.4 Å². The number of benzene rings is 1. The van der Waals surface area contributed by atoms with E-state index in [9.17, 15) is 0 Å². The molecule has 0 aliphatic rings. The lowest BCUT2D eigenvalue weighted by Crippen LogP contribution is -2.10. The molecule has 0 aliphatic carbocycles. The number of hydrogen-bond donors (Lipinski definition) is 0. The van der Waals surface area contributed by atoms with Crippen molar-refractivity contribution >= 4 is 23.2 Å². The van der Waals surface area contributed by atoms with Crippen LogP contribution in [0.2, 0.25) is 5.02 Å². The average molecular weight is 261 g/mol. The summed E-state index contributed by atoms with van der Waals surface area (Å²) in [6, 6.07) is 7.96. The Morgan fingerprint density at radius 3 is 2.50 bits per heavy atom. The summed E-state index contributed by atoms with van der Waals surface area (Å²) in [7, 11) is 0. The third-order valence-corrected chi connectivity index (χ3v) is 3.22. The van der Waals surface area contributed by atoms with Crippen LogP contribution in [-0.4, -0.2) is 19.1 Å². The minimum atomic E-state index is 0.481. The zero-order valence-corrected chi connectivity index (χ0v) is 11.1. The molecule has 1 atom stereocenters. The van der Waals surface area contributed by atoms with Crippen molar-refractivity contribution in [3.63, 3.8) is 0 Å². The van der Waals surface area contributed by atoms with Crippen LogP contribution in [0.3, 0.4) is 0 Å². The van der Waals surface area contributed by atoms with E-state index in [1.165, 1.54) is 5.56 Å². The average Bonchev–Trinajstić information content (AvgIpc) is 2.31. The molecule has 0 saturated carbocycles. The molecule has 0 N–H and O–H groups in total. The highest BCUT2D eigenvalue weighted by atomic mass is 35.5. The Labute approximate surface area is 108 Å². The van der Waals surface area contributed by atoms with Gasteiger partial charge in [0.1, 0.15) is 0 Å². The van der Waals surface area contributed by atoms with Crippen molar-refractivity contribution in [2.75, 3.05) is 19.1 Å². The molecule has 16 heavy (non-hydrogen) atoms. The van der Waals surface area contributed by atoms with Crippen LogP contribution in [0.5, 0.6) is 0 Å². The standard InChI is InChI=1S/C13H18Cl2O/c1-2-16-8-7-12(10-14)9-11-3-5-13(15)6-4-11/h3-6,12H,2,7-10H2,1H3. The van der Waals surface area contributed by atoms with Crippen molar-refractivity contribution in [1.29, 1.82) is 0 Å². The van der Waals surface area contributed by atoms with Crippen LogP contribution < -0.4 is 0 Å². The molecule has 1 rings (SSSR count). The zero-order valence-electron chi connectivity index (χ0n) is 9.59. The Hall–Kier alpha value is -0.240. The summed E-state index contributed by atoms with van der Waals surface area (Å²) in [5, 5.41) is 0.778. The van der Waals surface area contributed by atoms with Crippen LogP contribution >= 0.6 is 23.2 Å². The first-order valence-electron chi connectivity index (χ1n) is 5.64. The summed E-state index contributed by atoms with van der Waals surface area (Å²) >= 11 is 11.8. The molecular weight excluding hydrogens is 243 g/mol. The van der Waals surface area contributed by atoms with Crippen LogP contribution in [0, 0.1) is 5.92 Å². The molecule has 1 unspecified atom stereocenters. The summed E-state index contributed by atoms with van der Waals surface area (Å²) in [6.07, 6.45) is 2.01. The van der Waals surface area contributed by atoms with Gasteiger partial charge in [-0.1, -0.05) is 23.7 Å². The quantitative estimate of drug-likeness (QED) is 0.529. The van der Waals surface area contributed by atoms with Crippen molar-refractivity contribution in [3.05, 3.63) is 34.9 Å². The van der Waals surface area contributed by atoms with Gasteiger partial charge >= 0.3 is 0 Å². The molecule has 0 spiro atoms. The van der Waals surface area contributed by atoms with E-state index in [1.54, 1.807) is 0 Å². The van der Waals surface area contributed by atoms with E-state index in [0.29, 0.717) is 11.8 Å². The Balaban J connectivity index is 2.40. The molecule has 0 fully saturated rings. The Kier molecular flexibility index (Phi) is 6.86. The van der Waals surface area contributed by atoms with Crippen molar-refractivity contribution in [2.45, 2.75) is 19.8 Å². The topological polar surface area (TPSA) is 9.23 Å². The highest BCUT2D eigenvalue weighted by Crippen LogP contribution is 2.16. The highest BCUT2D eigenvalue weighted by Gasteiger charge is 2.08. The van der Waals surface area contributed by atoms with Gasteiger partial charge in [-0.2, -0.15) is 0 Å². The van der Waals surface area contributed by atoms with Crippen molar-refractivity contribution in [1.82, 2.24) is 0 Å². The third kappa shape index (κ3) is 5.20. The fourth-order valence-electron chi connectivity index (χ4n) is 1.58. The molecule has 0 bridgehead atoms. The van der Waals surface area contributed by atoms with Gasteiger partial charge in [-0.3, -0.25) is 0 Å². The van der Waals surface area contributed by atoms with E-state index in [1.807, 2.05) is 19.1 Å². The van der Waals surface area contributed by atoms with E-state index in [2.05, 4.69) is 12.1 Å². The number of halogens is 2. The largest absolute Gasteiger partial charge is 0.382 e. The van der Waals surface area contributed by atoms with Crippen molar-refractivity contribution in [3.8, 4) is 0 Å². The molecule has 1 aromatic rings. The zero-order chi connectivity index (χ0) is 11.8. The van der Waals surface area contributed by atoms with Crippen molar-refractivity contribution in [2.24, 2.45) is 5.92 Å². The lowest BCUT2D eigenvalue weighted by Gasteiger charge is -2.13. The van der Waals surface area contributed by atoms with E-state index in [-0.39, 0.29) is 0 Å².